The molecule has 0 aliphatic heterocycles. The summed E-state index contributed by atoms with van der Waals surface area (Å²) in [5.41, 5.74) is 0.895. The fraction of sp³-hybridized carbons (Fsp3) is 0.571. The minimum atomic E-state index is -0.0440. The van der Waals surface area contributed by atoms with Crippen LogP contribution in [0.25, 0.3) is 0 Å². The standard InChI is InChI=1S/C14H18BrF/c15-10-13(11-6-2-1-3-7-11)12-8-4-5-9-14(12)16/h4-5,8-9,11,13H,1-3,6-7,10H2. The van der Waals surface area contributed by atoms with Crippen LogP contribution in [0.15, 0.2) is 24.3 Å². The molecule has 1 unspecified atom stereocenters. The second kappa shape index (κ2) is 5.81. The van der Waals surface area contributed by atoms with Crippen molar-refractivity contribution in [3.63, 3.8) is 0 Å². The van der Waals surface area contributed by atoms with Gasteiger partial charge in [-0.3, -0.25) is 0 Å². The first-order chi connectivity index (χ1) is 7.83. The lowest BCUT2D eigenvalue weighted by atomic mass is 9.78. The lowest BCUT2D eigenvalue weighted by Gasteiger charge is -2.29. The number of alkyl halides is 1. The van der Waals surface area contributed by atoms with Crippen molar-refractivity contribution < 1.29 is 4.39 Å². The van der Waals surface area contributed by atoms with E-state index >= 15 is 0 Å². The van der Waals surface area contributed by atoms with Crippen LogP contribution < -0.4 is 0 Å². The first-order valence-electron chi connectivity index (χ1n) is 6.13. The number of benzene rings is 1. The fourth-order valence-corrected chi connectivity index (χ4v) is 3.65. The topological polar surface area (TPSA) is 0 Å². The van der Waals surface area contributed by atoms with E-state index in [0.29, 0.717) is 11.8 Å². The van der Waals surface area contributed by atoms with Gasteiger partial charge in [-0.25, -0.2) is 4.39 Å². The third-order valence-electron chi connectivity index (χ3n) is 3.69. The van der Waals surface area contributed by atoms with E-state index < -0.39 is 0 Å². The van der Waals surface area contributed by atoms with Crippen molar-refractivity contribution >= 4 is 15.9 Å². The molecule has 0 spiro atoms. The molecular formula is C14H18BrF. The molecule has 1 saturated carbocycles. The van der Waals surface area contributed by atoms with Gasteiger partial charge in [0.2, 0.25) is 0 Å². The second-order valence-electron chi connectivity index (χ2n) is 4.68. The highest BCUT2D eigenvalue weighted by molar-refractivity contribution is 9.09. The monoisotopic (exact) mass is 284 g/mol. The number of rotatable bonds is 3. The van der Waals surface area contributed by atoms with Crippen LogP contribution in [0.5, 0.6) is 0 Å². The third-order valence-corrected chi connectivity index (χ3v) is 4.39. The average molecular weight is 285 g/mol. The number of hydrogen-bond acceptors (Lipinski definition) is 0. The van der Waals surface area contributed by atoms with Gasteiger partial charge in [0.05, 0.1) is 0 Å². The van der Waals surface area contributed by atoms with Gasteiger partial charge < -0.3 is 0 Å². The quantitative estimate of drug-likeness (QED) is 0.694. The first-order valence-corrected chi connectivity index (χ1v) is 7.25. The smallest absolute Gasteiger partial charge is 0.126 e. The lowest BCUT2D eigenvalue weighted by molar-refractivity contribution is 0.315. The van der Waals surface area contributed by atoms with Crippen LogP contribution in [-0.4, -0.2) is 5.33 Å². The predicted molar refractivity (Wildman–Crippen MR) is 69.5 cm³/mol. The van der Waals surface area contributed by atoms with Gasteiger partial charge in [0.15, 0.2) is 0 Å². The summed E-state index contributed by atoms with van der Waals surface area (Å²) in [6.07, 6.45) is 6.48. The van der Waals surface area contributed by atoms with E-state index in [1.165, 1.54) is 32.1 Å². The molecule has 0 aromatic heterocycles. The Balaban J connectivity index is 2.18. The Morgan fingerprint density at radius 2 is 1.88 bits per heavy atom. The molecule has 0 saturated heterocycles. The van der Waals surface area contributed by atoms with Crippen LogP contribution >= 0.6 is 15.9 Å². The van der Waals surface area contributed by atoms with E-state index in [2.05, 4.69) is 15.9 Å². The van der Waals surface area contributed by atoms with Crippen LogP contribution in [0.2, 0.25) is 0 Å². The van der Waals surface area contributed by atoms with Gasteiger partial charge in [0, 0.05) is 5.33 Å². The van der Waals surface area contributed by atoms with Gasteiger partial charge in [-0.15, -0.1) is 0 Å². The van der Waals surface area contributed by atoms with Crippen LogP contribution in [-0.2, 0) is 0 Å². The number of halogens is 2. The normalized spacial score (nSPS) is 19.6. The van der Waals surface area contributed by atoms with E-state index in [9.17, 15) is 4.39 Å². The van der Waals surface area contributed by atoms with Crippen molar-refractivity contribution in [3.05, 3.63) is 35.6 Å². The molecule has 1 atom stereocenters. The summed E-state index contributed by atoms with van der Waals surface area (Å²) in [7, 11) is 0. The van der Waals surface area contributed by atoms with Crippen LogP contribution in [0, 0.1) is 11.7 Å². The van der Waals surface area contributed by atoms with E-state index in [-0.39, 0.29) is 5.82 Å². The third kappa shape index (κ3) is 2.65. The Morgan fingerprint density at radius 1 is 1.19 bits per heavy atom. The Morgan fingerprint density at radius 3 is 2.50 bits per heavy atom. The molecule has 1 aromatic carbocycles. The first kappa shape index (κ1) is 12.1. The Hall–Kier alpha value is -0.370. The molecule has 1 aliphatic rings. The Bertz CT molecular complexity index is 331. The fourth-order valence-electron chi connectivity index (χ4n) is 2.78. The largest absolute Gasteiger partial charge is 0.207 e. The molecule has 1 fully saturated rings. The van der Waals surface area contributed by atoms with Gasteiger partial charge in [-0.2, -0.15) is 0 Å². The van der Waals surface area contributed by atoms with Gasteiger partial charge in [-0.1, -0.05) is 53.4 Å². The maximum absolute atomic E-state index is 13.8. The summed E-state index contributed by atoms with van der Waals surface area (Å²) >= 11 is 3.56. The van der Waals surface area contributed by atoms with E-state index in [4.69, 9.17) is 0 Å². The molecular weight excluding hydrogens is 267 g/mol. The molecule has 0 N–H and O–H groups in total. The van der Waals surface area contributed by atoms with Crippen molar-refractivity contribution in [3.8, 4) is 0 Å². The van der Waals surface area contributed by atoms with E-state index in [1.807, 2.05) is 12.1 Å². The molecule has 0 nitrogen and oxygen atoms in total. The summed E-state index contributed by atoms with van der Waals surface area (Å²) in [4.78, 5) is 0. The van der Waals surface area contributed by atoms with E-state index in [1.54, 1.807) is 12.1 Å². The predicted octanol–water partition coefficient (Wildman–Crippen LogP) is 4.88. The maximum atomic E-state index is 13.8. The molecule has 0 amide bonds. The van der Waals surface area contributed by atoms with Crippen molar-refractivity contribution in [2.24, 2.45) is 5.92 Å². The molecule has 0 heterocycles. The van der Waals surface area contributed by atoms with Crippen molar-refractivity contribution in [2.75, 3.05) is 5.33 Å². The highest BCUT2D eigenvalue weighted by Gasteiger charge is 2.25. The second-order valence-corrected chi connectivity index (χ2v) is 5.33. The Kier molecular flexibility index (Phi) is 4.39. The zero-order valence-electron chi connectivity index (χ0n) is 9.46. The molecule has 88 valence electrons. The summed E-state index contributed by atoms with van der Waals surface area (Å²) in [5.74, 6) is 0.962. The van der Waals surface area contributed by atoms with Crippen LogP contribution in [0.1, 0.15) is 43.6 Å². The van der Waals surface area contributed by atoms with Crippen molar-refractivity contribution in [1.29, 1.82) is 0 Å². The van der Waals surface area contributed by atoms with Crippen molar-refractivity contribution in [1.82, 2.24) is 0 Å². The summed E-state index contributed by atoms with van der Waals surface area (Å²) in [5, 5.41) is 0.874. The number of hydrogen-bond donors (Lipinski definition) is 0. The molecule has 2 heteroatoms. The summed E-state index contributed by atoms with van der Waals surface area (Å²) in [6.45, 7) is 0. The lowest BCUT2D eigenvalue weighted by Crippen LogP contribution is -2.18. The molecule has 0 radical (unpaired) electrons. The van der Waals surface area contributed by atoms with Crippen LogP contribution in [0.4, 0.5) is 4.39 Å². The molecule has 16 heavy (non-hydrogen) atoms. The van der Waals surface area contributed by atoms with Gasteiger partial charge in [0.1, 0.15) is 5.82 Å². The SMILES string of the molecule is Fc1ccccc1C(CBr)C1CCCCC1. The van der Waals surface area contributed by atoms with Gasteiger partial charge >= 0.3 is 0 Å². The zero-order valence-corrected chi connectivity index (χ0v) is 11.0. The minimum Gasteiger partial charge on any atom is -0.207 e. The average Bonchev–Trinajstić information content (AvgIpc) is 2.34. The summed E-state index contributed by atoms with van der Waals surface area (Å²) < 4.78 is 13.8. The van der Waals surface area contributed by atoms with Crippen LogP contribution in [0.3, 0.4) is 0 Å². The maximum Gasteiger partial charge on any atom is 0.126 e. The van der Waals surface area contributed by atoms with Crippen molar-refractivity contribution in [2.45, 2.75) is 38.0 Å². The zero-order chi connectivity index (χ0) is 11.4. The Labute approximate surface area is 105 Å². The van der Waals surface area contributed by atoms with Gasteiger partial charge in [0.25, 0.3) is 0 Å². The van der Waals surface area contributed by atoms with Gasteiger partial charge in [-0.05, 0) is 36.3 Å². The highest BCUT2D eigenvalue weighted by atomic mass is 79.9. The van der Waals surface area contributed by atoms with E-state index in [0.717, 1.165) is 10.9 Å². The molecule has 0 bridgehead atoms. The molecule has 2 rings (SSSR count). The minimum absolute atomic E-state index is 0.0440. The molecule has 1 aliphatic carbocycles. The molecule has 1 aromatic rings. The summed E-state index contributed by atoms with van der Waals surface area (Å²) in [6, 6.07) is 7.23. The highest BCUT2D eigenvalue weighted by Crippen LogP contribution is 2.37.